The van der Waals surface area contributed by atoms with Crippen molar-refractivity contribution in [1.82, 2.24) is 5.32 Å². The molecule has 0 unspecified atom stereocenters. The van der Waals surface area contributed by atoms with Crippen LogP contribution in [0.1, 0.15) is 40.5 Å². The topological polar surface area (TPSA) is 46.2 Å². The van der Waals surface area contributed by atoms with Gasteiger partial charge in [-0.05, 0) is 40.5 Å². The Morgan fingerprint density at radius 3 is 2.14 bits per heavy atom. The summed E-state index contributed by atoms with van der Waals surface area (Å²) in [5, 5.41) is 3.28. The first-order valence-electron chi connectivity index (χ1n) is 5.14. The maximum atomic E-state index is 11.7. The number of nitrogens with one attached hydrogen (secondary N) is 1. The summed E-state index contributed by atoms with van der Waals surface area (Å²) in [4.78, 5) is 0. The van der Waals surface area contributed by atoms with Crippen LogP contribution in [0.3, 0.4) is 0 Å². The summed E-state index contributed by atoms with van der Waals surface area (Å²) < 4.78 is 22.8. The van der Waals surface area contributed by atoms with E-state index in [0.29, 0.717) is 6.54 Å². The van der Waals surface area contributed by atoms with E-state index in [4.69, 9.17) is 0 Å². The van der Waals surface area contributed by atoms with Gasteiger partial charge in [-0.25, -0.2) is 8.42 Å². The molecule has 1 rings (SSSR count). The highest BCUT2D eigenvalue weighted by molar-refractivity contribution is 7.92. The average Bonchev–Trinajstić information content (AvgIpc) is 2.65. The molecule has 0 radical (unpaired) electrons. The van der Waals surface area contributed by atoms with Gasteiger partial charge in [-0.2, -0.15) is 0 Å². The highest BCUT2D eigenvalue weighted by Crippen LogP contribution is 2.34. The average molecular weight is 219 g/mol. The van der Waals surface area contributed by atoms with Crippen LogP contribution < -0.4 is 5.32 Å². The van der Waals surface area contributed by atoms with E-state index in [1.807, 2.05) is 0 Å². The molecule has 0 amide bonds. The van der Waals surface area contributed by atoms with Crippen LogP contribution in [-0.2, 0) is 9.84 Å². The molecular formula is C10H21NO2S. The first kappa shape index (κ1) is 12.0. The smallest absolute Gasteiger partial charge is 0.156 e. The van der Waals surface area contributed by atoms with Crippen LogP contribution in [0.25, 0.3) is 0 Å². The first-order chi connectivity index (χ1) is 6.16. The highest BCUT2D eigenvalue weighted by Gasteiger charge is 2.37. The van der Waals surface area contributed by atoms with Crippen LogP contribution in [-0.4, -0.2) is 31.0 Å². The monoisotopic (exact) mass is 219 g/mol. The molecule has 0 saturated heterocycles. The molecule has 0 bridgehead atoms. The van der Waals surface area contributed by atoms with Gasteiger partial charge >= 0.3 is 0 Å². The Bertz CT molecular complexity index is 297. The second-order valence-electron chi connectivity index (χ2n) is 5.42. The molecule has 0 spiro atoms. The van der Waals surface area contributed by atoms with Crippen molar-refractivity contribution in [2.45, 2.75) is 50.8 Å². The second kappa shape index (κ2) is 3.49. The summed E-state index contributed by atoms with van der Waals surface area (Å²) in [6.07, 6.45) is 2.34. The number of hydrogen-bond donors (Lipinski definition) is 1. The Labute approximate surface area is 87.2 Å². The lowest BCUT2D eigenvalue weighted by atomic mass is 10.3. The first-order valence-corrected chi connectivity index (χ1v) is 6.79. The zero-order valence-corrected chi connectivity index (χ0v) is 10.4. The molecular weight excluding hydrogens is 198 g/mol. The van der Waals surface area contributed by atoms with Gasteiger partial charge in [-0.3, -0.25) is 0 Å². The molecule has 84 valence electrons. The molecule has 0 aromatic heterocycles. The molecule has 1 aliphatic rings. The Morgan fingerprint density at radius 1 is 1.29 bits per heavy atom. The lowest BCUT2D eigenvalue weighted by Crippen LogP contribution is -2.38. The van der Waals surface area contributed by atoms with Crippen LogP contribution in [0, 0.1) is 0 Å². The minimum Gasteiger partial charge on any atom is -0.311 e. The number of hydrogen-bond acceptors (Lipinski definition) is 3. The third kappa shape index (κ3) is 2.95. The van der Waals surface area contributed by atoms with Crippen LogP contribution in [0.5, 0.6) is 0 Å². The van der Waals surface area contributed by atoms with Crippen LogP contribution in [0.2, 0.25) is 0 Å². The van der Waals surface area contributed by atoms with Crippen molar-refractivity contribution in [1.29, 1.82) is 0 Å². The lowest BCUT2D eigenvalue weighted by molar-refractivity contribution is 0.534. The molecule has 0 heterocycles. The van der Waals surface area contributed by atoms with Crippen molar-refractivity contribution in [3.63, 3.8) is 0 Å². The predicted octanol–water partition coefficient (Wildman–Crippen LogP) is 1.34. The van der Waals surface area contributed by atoms with Gasteiger partial charge in [-0.15, -0.1) is 0 Å². The van der Waals surface area contributed by atoms with Gasteiger partial charge in [0.2, 0.25) is 0 Å². The summed E-state index contributed by atoms with van der Waals surface area (Å²) in [6.45, 7) is 7.97. The van der Waals surface area contributed by atoms with Gasteiger partial charge in [0.05, 0.1) is 10.5 Å². The van der Waals surface area contributed by atoms with E-state index in [1.165, 1.54) is 12.8 Å². The number of sulfone groups is 1. The summed E-state index contributed by atoms with van der Waals surface area (Å²) in [7, 11) is -2.95. The third-order valence-corrected chi connectivity index (χ3v) is 5.46. The van der Waals surface area contributed by atoms with Crippen molar-refractivity contribution >= 4 is 9.84 Å². The second-order valence-corrected chi connectivity index (χ2v) is 8.28. The Morgan fingerprint density at radius 2 is 1.79 bits per heavy atom. The fourth-order valence-electron chi connectivity index (χ4n) is 1.16. The van der Waals surface area contributed by atoms with Crippen molar-refractivity contribution < 1.29 is 8.42 Å². The fraction of sp³-hybridized carbons (Fsp3) is 1.00. The minimum atomic E-state index is -2.95. The van der Waals surface area contributed by atoms with Gasteiger partial charge in [0.15, 0.2) is 9.84 Å². The van der Waals surface area contributed by atoms with E-state index in [2.05, 4.69) is 12.2 Å². The van der Waals surface area contributed by atoms with Gasteiger partial charge in [0.1, 0.15) is 0 Å². The summed E-state index contributed by atoms with van der Waals surface area (Å²) in [5.41, 5.74) is 0.230. The summed E-state index contributed by atoms with van der Waals surface area (Å²) >= 11 is 0. The molecule has 1 N–H and O–H groups in total. The van der Waals surface area contributed by atoms with Crippen LogP contribution >= 0.6 is 0 Å². The van der Waals surface area contributed by atoms with Crippen LogP contribution in [0.15, 0.2) is 0 Å². The van der Waals surface area contributed by atoms with E-state index in [1.54, 1.807) is 20.8 Å². The molecule has 1 fully saturated rings. The quantitative estimate of drug-likeness (QED) is 0.776. The molecule has 1 saturated carbocycles. The highest BCUT2D eigenvalue weighted by atomic mass is 32.2. The van der Waals surface area contributed by atoms with Gasteiger partial charge in [0.25, 0.3) is 0 Å². The number of rotatable bonds is 4. The van der Waals surface area contributed by atoms with Gasteiger partial charge in [-0.1, -0.05) is 0 Å². The Hall–Kier alpha value is -0.0900. The molecule has 1 aliphatic carbocycles. The minimum absolute atomic E-state index is 0.230. The Balaban J connectivity index is 2.37. The Kier molecular flexibility index (Phi) is 2.99. The SMILES string of the molecule is CC1(NCCS(=O)(=O)C(C)(C)C)CC1. The standard InChI is InChI=1S/C10H21NO2S/c1-9(2,3)14(12,13)8-7-11-10(4)5-6-10/h11H,5-8H2,1-4H3. The molecule has 3 nitrogen and oxygen atoms in total. The molecule has 14 heavy (non-hydrogen) atoms. The molecule has 0 aromatic rings. The molecule has 0 aliphatic heterocycles. The van der Waals surface area contributed by atoms with Crippen molar-refractivity contribution in [2.24, 2.45) is 0 Å². The van der Waals surface area contributed by atoms with Gasteiger partial charge in [0, 0.05) is 12.1 Å². The normalized spacial score (nSPS) is 20.9. The van der Waals surface area contributed by atoms with E-state index in [0.717, 1.165) is 0 Å². The molecule has 0 atom stereocenters. The van der Waals surface area contributed by atoms with Crippen LogP contribution in [0.4, 0.5) is 0 Å². The van der Waals surface area contributed by atoms with E-state index < -0.39 is 14.6 Å². The van der Waals surface area contributed by atoms with E-state index in [-0.39, 0.29) is 11.3 Å². The zero-order valence-electron chi connectivity index (χ0n) is 9.55. The predicted molar refractivity (Wildman–Crippen MR) is 59.2 cm³/mol. The summed E-state index contributed by atoms with van der Waals surface area (Å²) in [6, 6.07) is 0. The van der Waals surface area contributed by atoms with Gasteiger partial charge < -0.3 is 5.32 Å². The molecule has 4 heteroatoms. The van der Waals surface area contributed by atoms with E-state index >= 15 is 0 Å². The third-order valence-electron chi connectivity index (χ3n) is 2.86. The van der Waals surface area contributed by atoms with Crippen molar-refractivity contribution in [3.05, 3.63) is 0 Å². The fourth-order valence-corrected chi connectivity index (χ4v) is 2.14. The maximum Gasteiger partial charge on any atom is 0.156 e. The zero-order chi connectivity index (χ0) is 11.0. The molecule has 0 aromatic carbocycles. The van der Waals surface area contributed by atoms with E-state index in [9.17, 15) is 8.42 Å². The van der Waals surface area contributed by atoms with Crippen molar-refractivity contribution in [3.8, 4) is 0 Å². The summed E-state index contributed by atoms with van der Waals surface area (Å²) in [5.74, 6) is 0.242. The largest absolute Gasteiger partial charge is 0.311 e. The maximum absolute atomic E-state index is 11.7. The van der Waals surface area contributed by atoms with Crippen molar-refractivity contribution in [2.75, 3.05) is 12.3 Å². The lowest BCUT2D eigenvalue weighted by Gasteiger charge is -2.20.